The lowest BCUT2D eigenvalue weighted by molar-refractivity contribution is -0.387. The van der Waals surface area contributed by atoms with Crippen molar-refractivity contribution in [2.75, 3.05) is 19.6 Å². The van der Waals surface area contributed by atoms with Gasteiger partial charge in [0.2, 0.25) is 31.9 Å². The van der Waals surface area contributed by atoms with E-state index >= 15 is 0 Å². The molecule has 3 heterocycles. The second-order valence-electron chi connectivity index (χ2n) is 17.3. The lowest BCUT2D eigenvalue weighted by atomic mass is 10.1. The number of amides is 5. The third-order valence-corrected chi connectivity index (χ3v) is 15.2. The van der Waals surface area contributed by atoms with Gasteiger partial charge in [-0.05, 0) is 70.6 Å². The molecule has 0 unspecified atom stereocenters. The molecule has 5 aliphatic rings. The van der Waals surface area contributed by atoms with E-state index in [1.807, 2.05) is 0 Å². The van der Waals surface area contributed by atoms with Gasteiger partial charge in [0, 0.05) is 43.6 Å². The number of fused-ring (bicyclic) bond motifs is 3. The molecule has 0 spiro atoms. The molecule has 0 bridgehead atoms. The summed E-state index contributed by atoms with van der Waals surface area (Å²) in [4.78, 5) is 82.5. The van der Waals surface area contributed by atoms with Crippen LogP contribution in [0.25, 0.3) is 0 Å². The van der Waals surface area contributed by atoms with Crippen molar-refractivity contribution in [2.45, 2.75) is 112 Å². The summed E-state index contributed by atoms with van der Waals surface area (Å²) in [6, 6.07) is 6.26. The maximum Gasteiger partial charge on any atom is 0.410 e. The predicted octanol–water partition coefficient (Wildman–Crippen LogP) is 2.57. The van der Waals surface area contributed by atoms with Crippen molar-refractivity contribution in [1.29, 1.82) is 0 Å². The molecule has 3 aliphatic heterocycles. The Morgan fingerprint density at radius 2 is 1.75 bits per heavy atom. The predicted molar refractivity (Wildman–Crippen MR) is 218 cm³/mol. The van der Waals surface area contributed by atoms with Crippen LogP contribution in [0.4, 0.5) is 19.7 Å². The number of ether oxygens (including phenoxy) is 2. The average Bonchev–Trinajstić information content (AvgIpc) is 4.09. The molecule has 5 atom stereocenters. The molecular weight excluding hydrogens is 870 g/mol. The van der Waals surface area contributed by atoms with Gasteiger partial charge in [-0.15, -0.1) is 0 Å². The maximum absolute atomic E-state index is 14.7. The van der Waals surface area contributed by atoms with Crippen LogP contribution in [-0.4, -0.2) is 120 Å². The fraction of sp³-hybridized carbons (Fsp3) is 0.525. The van der Waals surface area contributed by atoms with Gasteiger partial charge in [-0.1, -0.05) is 36.4 Å². The number of para-hydroxylation sites is 1. The second kappa shape index (κ2) is 17.1. The van der Waals surface area contributed by atoms with Gasteiger partial charge in [-0.2, -0.15) is 4.31 Å². The number of nitro benzene ring substituents is 1. The Hall–Kier alpha value is -5.68. The van der Waals surface area contributed by atoms with Crippen LogP contribution in [0.1, 0.15) is 70.4 Å². The molecule has 2 saturated carbocycles. The van der Waals surface area contributed by atoms with Gasteiger partial charge < -0.3 is 25.0 Å². The third kappa shape index (κ3) is 9.78. The van der Waals surface area contributed by atoms with Crippen LogP contribution in [-0.2, 0) is 57.0 Å². The standard InChI is InChI=1S/C40H48FN7O13S2/c1-39(2,3)61-37(52)42-30-12-8-18-46(63(58,59)33-14-5-4-13-31(33)48(54)55)17-7-10-25-20-40(25,36(51)44-62(56,57)27-15-16-27)43-34(49)32-19-26(22-47(32)35(30)50)60-38(53)45-21-24-9-6-11-29(41)28(24)23-45/h4-7,9-11,13-14,25-27,30,32H,8,12,15-23H2,1-3H3,(H,42,52)(H,43,49)(H,44,51)/t25-,26-,30+,32+,40-/m1/s1. The molecule has 2 aliphatic carbocycles. The summed E-state index contributed by atoms with van der Waals surface area (Å²) in [5.41, 5.74) is -2.71. The summed E-state index contributed by atoms with van der Waals surface area (Å²) < 4.78 is 83.0. The zero-order valence-electron chi connectivity index (χ0n) is 34.7. The number of carbonyl (C=O) groups excluding carboxylic acids is 5. The first kappa shape index (κ1) is 45.3. The molecule has 5 amide bonds. The van der Waals surface area contributed by atoms with Crippen molar-refractivity contribution in [1.82, 2.24) is 29.5 Å². The topological polar surface area (TPSA) is 261 Å². The summed E-state index contributed by atoms with van der Waals surface area (Å²) in [5, 5.41) is 16.3. The minimum Gasteiger partial charge on any atom is -0.444 e. The van der Waals surface area contributed by atoms with Crippen molar-refractivity contribution in [2.24, 2.45) is 5.92 Å². The number of nitro groups is 1. The van der Waals surface area contributed by atoms with Gasteiger partial charge >= 0.3 is 12.2 Å². The van der Waals surface area contributed by atoms with Crippen molar-refractivity contribution < 1.29 is 59.6 Å². The summed E-state index contributed by atoms with van der Waals surface area (Å²) in [6.07, 6.45) is -0.335. The highest BCUT2D eigenvalue weighted by molar-refractivity contribution is 7.91. The highest BCUT2D eigenvalue weighted by Gasteiger charge is 2.62. The number of alkyl carbamates (subject to hydrolysis) is 1. The summed E-state index contributed by atoms with van der Waals surface area (Å²) in [5.74, 6) is -4.21. The van der Waals surface area contributed by atoms with Gasteiger partial charge in [-0.25, -0.2) is 30.8 Å². The number of nitrogens with one attached hydrogen (secondary N) is 3. The Balaban J connectivity index is 1.22. The number of nitrogens with zero attached hydrogens (tertiary/aromatic N) is 4. The number of rotatable bonds is 8. The lowest BCUT2D eigenvalue weighted by Gasteiger charge is -2.30. The molecule has 23 heteroatoms. The summed E-state index contributed by atoms with van der Waals surface area (Å²) in [6.45, 7) is 3.58. The summed E-state index contributed by atoms with van der Waals surface area (Å²) in [7, 11) is -8.76. The smallest absolute Gasteiger partial charge is 0.410 e. The monoisotopic (exact) mass is 917 g/mol. The fourth-order valence-electron chi connectivity index (χ4n) is 8.07. The number of hydrogen-bond acceptors (Lipinski definition) is 13. The van der Waals surface area contributed by atoms with E-state index in [1.54, 1.807) is 26.8 Å². The second-order valence-corrected chi connectivity index (χ2v) is 21.2. The zero-order chi connectivity index (χ0) is 45.6. The van der Waals surface area contributed by atoms with Crippen LogP contribution < -0.4 is 15.4 Å². The number of benzene rings is 2. The molecule has 20 nitrogen and oxygen atoms in total. The van der Waals surface area contributed by atoms with E-state index < -0.39 is 118 Å². The minimum absolute atomic E-state index is 0.0355. The van der Waals surface area contributed by atoms with E-state index in [-0.39, 0.29) is 51.9 Å². The molecular formula is C40H48FN7O13S2. The van der Waals surface area contributed by atoms with Gasteiger partial charge in [0.05, 0.1) is 23.3 Å². The average molecular weight is 918 g/mol. The van der Waals surface area contributed by atoms with E-state index in [4.69, 9.17) is 9.47 Å². The van der Waals surface area contributed by atoms with E-state index in [0.29, 0.717) is 24.0 Å². The Morgan fingerprint density at radius 1 is 1.02 bits per heavy atom. The zero-order valence-corrected chi connectivity index (χ0v) is 36.3. The van der Waals surface area contributed by atoms with Crippen molar-refractivity contribution in [3.05, 3.63) is 81.7 Å². The Kier molecular flexibility index (Phi) is 12.3. The number of hydrogen-bond donors (Lipinski definition) is 3. The molecule has 3 N–H and O–H groups in total. The van der Waals surface area contributed by atoms with E-state index in [2.05, 4.69) is 15.4 Å². The van der Waals surface area contributed by atoms with Crippen molar-refractivity contribution in [3.63, 3.8) is 0 Å². The van der Waals surface area contributed by atoms with Crippen LogP contribution in [0.3, 0.4) is 0 Å². The lowest BCUT2D eigenvalue weighted by Crippen LogP contribution is -2.58. The quantitative estimate of drug-likeness (QED) is 0.196. The van der Waals surface area contributed by atoms with Gasteiger partial charge in [-0.3, -0.25) is 34.1 Å². The van der Waals surface area contributed by atoms with Crippen LogP contribution >= 0.6 is 0 Å². The molecule has 7 rings (SSSR count). The molecule has 2 aromatic rings. The molecule has 63 heavy (non-hydrogen) atoms. The van der Waals surface area contributed by atoms with Gasteiger partial charge in [0.15, 0.2) is 4.90 Å². The first-order valence-corrected chi connectivity index (χ1v) is 23.4. The third-order valence-electron chi connectivity index (χ3n) is 11.5. The Morgan fingerprint density at radius 3 is 2.43 bits per heavy atom. The van der Waals surface area contributed by atoms with Crippen LogP contribution in [0.15, 0.2) is 59.5 Å². The molecule has 2 aromatic carbocycles. The molecule has 340 valence electrons. The summed E-state index contributed by atoms with van der Waals surface area (Å²) >= 11 is 0. The maximum atomic E-state index is 14.7. The van der Waals surface area contributed by atoms with Crippen molar-refractivity contribution in [3.8, 4) is 0 Å². The number of carbonyl (C=O) groups is 5. The fourth-order valence-corrected chi connectivity index (χ4v) is 11.0. The first-order valence-electron chi connectivity index (χ1n) is 20.4. The Bertz CT molecular complexity index is 2480. The van der Waals surface area contributed by atoms with Crippen LogP contribution in [0.2, 0.25) is 0 Å². The van der Waals surface area contributed by atoms with Gasteiger partial charge in [0.1, 0.15) is 35.1 Å². The molecule has 0 radical (unpaired) electrons. The SMILES string of the molecule is CC(C)(C)OC(=O)N[C@H]1CCCN(S(=O)(=O)c2ccccc2[N+](=O)[O-])CC=C[C@@H]2C[C@@]2(C(=O)NS(=O)(=O)C2CC2)NC(=O)[C@@H]2C[C@@H](OC(=O)N3Cc4cccc(F)c4C3)CN2C1=O. The normalized spacial score (nSPS) is 25.7. The number of halogens is 1. The minimum atomic E-state index is -4.63. The number of sulfonamides is 2. The van der Waals surface area contributed by atoms with Crippen LogP contribution in [0, 0.1) is 21.8 Å². The van der Waals surface area contributed by atoms with Crippen molar-refractivity contribution >= 4 is 55.6 Å². The molecule has 0 aromatic heterocycles. The first-order chi connectivity index (χ1) is 29.6. The largest absolute Gasteiger partial charge is 0.444 e. The Labute approximate surface area is 362 Å². The van der Waals surface area contributed by atoms with E-state index in [0.717, 1.165) is 21.3 Å². The molecule has 3 fully saturated rings. The van der Waals surface area contributed by atoms with Crippen LogP contribution in [0.5, 0.6) is 0 Å². The van der Waals surface area contributed by atoms with E-state index in [9.17, 15) is 55.3 Å². The highest BCUT2D eigenvalue weighted by Crippen LogP contribution is 2.46. The highest BCUT2D eigenvalue weighted by atomic mass is 32.2. The van der Waals surface area contributed by atoms with Gasteiger partial charge in [0.25, 0.3) is 11.6 Å². The van der Waals surface area contributed by atoms with E-state index in [1.165, 1.54) is 41.3 Å². The molecule has 1 saturated heterocycles.